The first-order valence-corrected chi connectivity index (χ1v) is 17.1. The Morgan fingerprint density at radius 2 is 1.70 bits per heavy atom. The predicted molar refractivity (Wildman–Crippen MR) is 195 cm³/mol. The van der Waals surface area contributed by atoms with Gasteiger partial charge in [-0.3, -0.25) is 9.36 Å². The highest BCUT2D eigenvalue weighted by Gasteiger charge is 2.31. The number of ether oxygens (including phenoxy) is 5. The molecule has 50 heavy (non-hydrogen) atoms. The van der Waals surface area contributed by atoms with Crippen molar-refractivity contribution >= 4 is 34.2 Å². The van der Waals surface area contributed by atoms with E-state index in [0.29, 0.717) is 64.1 Å². The van der Waals surface area contributed by atoms with Crippen LogP contribution in [0, 0.1) is 0 Å². The van der Waals surface area contributed by atoms with Gasteiger partial charge in [-0.2, -0.15) is 0 Å². The van der Waals surface area contributed by atoms with Crippen molar-refractivity contribution in [3.05, 3.63) is 139 Å². The molecule has 1 atom stereocenters. The van der Waals surface area contributed by atoms with Gasteiger partial charge in [0.15, 0.2) is 27.8 Å². The highest BCUT2D eigenvalue weighted by Crippen LogP contribution is 2.36. The fraction of sp³-hybridized carbons (Fsp3) is 0.225. The summed E-state index contributed by atoms with van der Waals surface area (Å²) in [4.78, 5) is 32.2. The van der Waals surface area contributed by atoms with Gasteiger partial charge in [0.1, 0.15) is 6.61 Å². The molecule has 6 rings (SSSR count). The van der Waals surface area contributed by atoms with Crippen molar-refractivity contribution in [3.63, 3.8) is 0 Å². The number of hydrogen-bond acceptors (Lipinski definition) is 9. The van der Waals surface area contributed by atoms with Crippen LogP contribution in [0.1, 0.15) is 42.1 Å². The number of methoxy groups -OCH3 is 2. The average molecular weight is 691 g/mol. The number of hydrogen-bond donors (Lipinski definition) is 0. The summed E-state index contributed by atoms with van der Waals surface area (Å²) in [6.45, 7) is 8.94. The van der Waals surface area contributed by atoms with E-state index in [9.17, 15) is 9.59 Å². The Labute approximate surface area is 294 Å². The maximum Gasteiger partial charge on any atom is 0.337 e. The second-order valence-electron chi connectivity index (χ2n) is 11.4. The second-order valence-corrected chi connectivity index (χ2v) is 12.4. The lowest BCUT2D eigenvalue weighted by atomic mass is 9.97. The third-order valence-corrected chi connectivity index (χ3v) is 9.29. The van der Waals surface area contributed by atoms with Crippen molar-refractivity contribution in [3.8, 4) is 23.0 Å². The third kappa shape index (κ3) is 6.79. The molecule has 0 amide bonds. The summed E-state index contributed by atoms with van der Waals surface area (Å²) < 4.78 is 30.9. The minimum Gasteiger partial charge on any atom is -0.493 e. The van der Waals surface area contributed by atoms with Crippen LogP contribution >= 0.6 is 11.3 Å². The predicted octanol–water partition coefficient (Wildman–Crippen LogP) is 6.28. The zero-order chi connectivity index (χ0) is 35.2. The van der Waals surface area contributed by atoms with Gasteiger partial charge >= 0.3 is 5.97 Å². The topological polar surface area (TPSA) is 97.6 Å². The number of fused-ring (bicyclic) bond motifs is 2. The molecule has 1 aromatic heterocycles. The quantitative estimate of drug-likeness (QED) is 0.106. The Kier molecular flexibility index (Phi) is 10.5. The minimum absolute atomic E-state index is 0.223. The molecule has 9 nitrogen and oxygen atoms in total. The van der Waals surface area contributed by atoms with E-state index in [2.05, 4.69) is 35.8 Å². The first-order chi connectivity index (χ1) is 24.4. The number of rotatable bonds is 13. The number of carbonyl (C=O) groups is 1. The number of esters is 1. The van der Waals surface area contributed by atoms with Gasteiger partial charge in [0.05, 0.1) is 43.6 Å². The number of aromatic nitrogens is 1. The number of benzene rings is 4. The Morgan fingerprint density at radius 1 is 0.920 bits per heavy atom. The lowest BCUT2D eigenvalue weighted by molar-refractivity contribution is -0.136. The molecule has 1 aliphatic rings. The molecule has 2 heterocycles. The molecule has 0 saturated carbocycles. The molecule has 256 valence electrons. The highest BCUT2D eigenvalue weighted by atomic mass is 32.1. The summed E-state index contributed by atoms with van der Waals surface area (Å²) in [5, 5.41) is 2.26. The van der Waals surface area contributed by atoms with E-state index in [4.69, 9.17) is 23.7 Å². The standard InChI is InChI=1S/C40H38N2O7S/c1-6-12-28-19-25(20-34(45-4)37(28)49-24-29-15-11-14-26-13-9-10-16-30(26)29)21-35-38(43)42-36(31(39(44)46-5)23-41-40(42)50-35)27-17-18-32(47-7-2)33(22-27)48-8-3/h6,9-11,13-23,36H,1,7-8,12,24H2,2-5H3/b35-21-/t36-/m0/s1. The Bertz CT molecular complexity index is 2280. The van der Waals surface area contributed by atoms with Crippen LogP contribution < -0.4 is 33.8 Å². The van der Waals surface area contributed by atoms with E-state index in [0.717, 1.165) is 27.5 Å². The van der Waals surface area contributed by atoms with Crippen molar-refractivity contribution < 1.29 is 28.5 Å². The molecule has 10 heteroatoms. The third-order valence-electron chi connectivity index (χ3n) is 8.30. The fourth-order valence-corrected chi connectivity index (χ4v) is 7.07. The van der Waals surface area contributed by atoms with E-state index < -0.39 is 12.0 Å². The van der Waals surface area contributed by atoms with Gasteiger partial charge in [0, 0.05) is 11.8 Å². The van der Waals surface area contributed by atoms with Crippen LogP contribution in [0.25, 0.3) is 16.8 Å². The van der Waals surface area contributed by atoms with E-state index in [-0.39, 0.29) is 11.1 Å². The normalized spacial score (nSPS) is 14.0. The number of allylic oxidation sites excluding steroid dienone is 1. The Morgan fingerprint density at radius 3 is 2.46 bits per heavy atom. The van der Waals surface area contributed by atoms with Crippen molar-refractivity contribution in [2.75, 3.05) is 27.4 Å². The SMILES string of the molecule is C=CCc1cc(/C=c2\sc3n(c2=O)[C@@H](c2ccc(OCC)c(OCC)c2)C(C(=O)OC)=CN=3)cc(OC)c1OCc1cccc2ccccc12. The smallest absolute Gasteiger partial charge is 0.337 e. The molecular formula is C40H38N2O7S. The molecule has 0 bridgehead atoms. The zero-order valence-corrected chi connectivity index (χ0v) is 29.3. The molecule has 1 aliphatic heterocycles. The molecular weight excluding hydrogens is 653 g/mol. The molecule has 0 fully saturated rings. The molecule has 0 saturated heterocycles. The second kappa shape index (κ2) is 15.3. The maximum atomic E-state index is 14.2. The summed E-state index contributed by atoms with van der Waals surface area (Å²) in [5.74, 6) is 1.65. The molecule has 4 aromatic carbocycles. The molecule has 0 aliphatic carbocycles. The van der Waals surface area contributed by atoms with E-state index in [1.165, 1.54) is 29.2 Å². The van der Waals surface area contributed by atoms with Gasteiger partial charge in [0.2, 0.25) is 0 Å². The van der Waals surface area contributed by atoms with Gasteiger partial charge in [0.25, 0.3) is 5.56 Å². The summed E-state index contributed by atoms with van der Waals surface area (Å²) in [6, 6.07) is 22.8. The molecule has 5 aromatic rings. The summed E-state index contributed by atoms with van der Waals surface area (Å²) in [5.41, 5.74) is 3.23. The largest absolute Gasteiger partial charge is 0.493 e. The number of carbonyl (C=O) groups excluding carboxylic acids is 1. The summed E-state index contributed by atoms with van der Waals surface area (Å²) in [6.07, 6.45) is 5.59. The number of nitrogens with zero attached hydrogens (tertiary/aromatic N) is 2. The van der Waals surface area contributed by atoms with Crippen molar-refractivity contribution in [1.82, 2.24) is 4.57 Å². The van der Waals surface area contributed by atoms with Crippen molar-refractivity contribution in [2.45, 2.75) is 32.9 Å². The monoisotopic (exact) mass is 690 g/mol. The Balaban J connectivity index is 1.42. The highest BCUT2D eigenvalue weighted by molar-refractivity contribution is 7.07. The van der Waals surface area contributed by atoms with Crippen molar-refractivity contribution in [1.29, 1.82) is 0 Å². The van der Waals surface area contributed by atoms with Crippen LogP contribution in [-0.2, 0) is 22.6 Å². The van der Waals surface area contributed by atoms with E-state index >= 15 is 0 Å². The zero-order valence-electron chi connectivity index (χ0n) is 28.4. The lowest BCUT2D eigenvalue weighted by Crippen LogP contribution is -2.39. The van der Waals surface area contributed by atoms with Gasteiger partial charge in [-0.15, -0.1) is 6.58 Å². The summed E-state index contributed by atoms with van der Waals surface area (Å²) in [7, 11) is 2.90. The van der Waals surface area contributed by atoms with Gasteiger partial charge in [-0.05, 0) is 78.1 Å². The van der Waals surface area contributed by atoms with Crippen LogP contribution in [0.5, 0.6) is 23.0 Å². The van der Waals surface area contributed by atoms with Crippen LogP contribution in [0.15, 0.2) is 107 Å². The molecule has 0 radical (unpaired) electrons. The summed E-state index contributed by atoms with van der Waals surface area (Å²) >= 11 is 1.23. The van der Waals surface area contributed by atoms with Gasteiger partial charge in [-0.25, -0.2) is 9.79 Å². The van der Waals surface area contributed by atoms with Crippen LogP contribution in [0.3, 0.4) is 0 Å². The van der Waals surface area contributed by atoms with E-state index in [1.54, 1.807) is 31.4 Å². The average Bonchev–Trinajstić information content (AvgIpc) is 3.45. The van der Waals surface area contributed by atoms with Gasteiger partial charge < -0.3 is 23.7 Å². The fourth-order valence-electron chi connectivity index (χ4n) is 6.10. The van der Waals surface area contributed by atoms with Crippen LogP contribution in [0.2, 0.25) is 0 Å². The molecule has 0 spiro atoms. The molecule has 0 N–H and O–H groups in total. The maximum absolute atomic E-state index is 14.2. The lowest BCUT2D eigenvalue weighted by Gasteiger charge is -2.23. The first-order valence-electron chi connectivity index (χ1n) is 16.3. The van der Waals surface area contributed by atoms with E-state index in [1.807, 2.05) is 50.2 Å². The van der Waals surface area contributed by atoms with Crippen molar-refractivity contribution in [2.24, 2.45) is 4.99 Å². The molecule has 0 unspecified atom stereocenters. The Hall–Kier alpha value is -5.61. The van der Waals surface area contributed by atoms with Gasteiger partial charge in [-0.1, -0.05) is 65.9 Å². The van der Waals surface area contributed by atoms with Crippen LogP contribution in [-0.4, -0.2) is 38.0 Å². The number of thiazole rings is 1. The first kappa shape index (κ1) is 34.3. The van der Waals surface area contributed by atoms with Crippen LogP contribution in [0.4, 0.5) is 0 Å². The minimum atomic E-state index is -0.800.